The van der Waals surface area contributed by atoms with Gasteiger partial charge in [-0.2, -0.15) is 0 Å². The number of rotatable bonds is 2. The second-order valence-electron chi connectivity index (χ2n) is 11.1. The third kappa shape index (κ3) is 2.74. The minimum absolute atomic E-state index is 0.220. The molecule has 0 radical (unpaired) electrons. The number of hydrogen-bond donors (Lipinski definition) is 0. The molecule has 1 spiro atoms. The zero-order valence-electron chi connectivity index (χ0n) is 21.4. The van der Waals surface area contributed by atoms with Crippen LogP contribution in [0.4, 0.5) is 0 Å². The first-order chi connectivity index (χ1) is 18.6. The van der Waals surface area contributed by atoms with Gasteiger partial charge in [-0.3, -0.25) is 4.98 Å². The van der Waals surface area contributed by atoms with Gasteiger partial charge in [-0.05, 0) is 70.0 Å². The Balaban J connectivity index is 1.45. The maximum Gasteiger partial charge on any atom is 0.218 e. The van der Waals surface area contributed by atoms with Crippen molar-refractivity contribution in [2.75, 3.05) is 6.61 Å². The highest BCUT2D eigenvalue weighted by Crippen LogP contribution is 2.64. The number of fused-ring (bicyclic) bond motifs is 10. The molecule has 5 aromatic rings. The van der Waals surface area contributed by atoms with E-state index in [1.54, 1.807) is 0 Å². The summed E-state index contributed by atoms with van der Waals surface area (Å²) in [6, 6.07) is 35.6. The van der Waals surface area contributed by atoms with Crippen molar-refractivity contribution < 1.29 is 4.74 Å². The van der Waals surface area contributed by atoms with Crippen LogP contribution in [0.2, 0.25) is 0 Å². The Morgan fingerprint density at radius 1 is 0.605 bits per heavy atom. The van der Waals surface area contributed by atoms with Gasteiger partial charge in [0.1, 0.15) is 6.61 Å². The van der Waals surface area contributed by atoms with Crippen molar-refractivity contribution in [2.45, 2.75) is 24.8 Å². The molecule has 1 aliphatic heterocycles. The van der Waals surface area contributed by atoms with Gasteiger partial charge in [0.05, 0.1) is 16.5 Å². The number of aromatic nitrogens is 1. The molecule has 0 saturated carbocycles. The molecule has 0 atom stereocenters. The summed E-state index contributed by atoms with van der Waals surface area (Å²) in [6.07, 6.45) is 3.83. The van der Waals surface area contributed by atoms with E-state index in [9.17, 15) is 0 Å². The van der Waals surface area contributed by atoms with Crippen LogP contribution < -0.4 is 0 Å². The van der Waals surface area contributed by atoms with E-state index in [1.165, 1.54) is 50.1 Å². The highest BCUT2D eigenvalue weighted by atomic mass is 16.5. The van der Waals surface area contributed by atoms with Crippen LogP contribution in [-0.4, -0.2) is 23.0 Å². The quantitative estimate of drug-likeness (QED) is 0.249. The Kier molecular flexibility index (Phi) is 4.27. The van der Waals surface area contributed by atoms with E-state index in [0.717, 1.165) is 11.1 Å². The van der Waals surface area contributed by atoms with Crippen molar-refractivity contribution in [1.29, 1.82) is 0 Å². The molecule has 0 bridgehead atoms. The summed E-state index contributed by atoms with van der Waals surface area (Å²) in [5.41, 5.74) is 13.1. The summed E-state index contributed by atoms with van der Waals surface area (Å²) in [5, 5.41) is 0. The summed E-state index contributed by atoms with van der Waals surface area (Å²) in [7, 11) is 0. The SMILES string of the molecule is CC1(C)COC(c2cncc(-c3cccc4c3C3(c5ccccc5-c5ccccc53)c3ccccc3-4)c2)=N1. The van der Waals surface area contributed by atoms with Gasteiger partial charge in [0.15, 0.2) is 0 Å². The number of hydrogen-bond acceptors (Lipinski definition) is 3. The molecular formula is C35H26N2O. The molecule has 3 heteroatoms. The van der Waals surface area contributed by atoms with Gasteiger partial charge in [0.25, 0.3) is 0 Å². The van der Waals surface area contributed by atoms with Crippen LogP contribution in [0.15, 0.2) is 114 Å². The maximum absolute atomic E-state index is 5.98. The lowest BCUT2D eigenvalue weighted by Gasteiger charge is -2.32. The smallest absolute Gasteiger partial charge is 0.218 e. The number of benzene rings is 4. The average molecular weight is 491 g/mol. The molecule has 182 valence electrons. The first kappa shape index (κ1) is 21.6. The van der Waals surface area contributed by atoms with Gasteiger partial charge >= 0.3 is 0 Å². The molecule has 0 fully saturated rings. The first-order valence-corrected chi connectivity index (χ1v) is 13.2. The van der Waals surface area contributed by atoms with Gasteiger partial charge in [-0.1, -0.05) is 91.0 Å². The molecule has 0 N–H and O–H groups in total. The van der Waals surface area contributed by atoms with Crippen molar-refractivity contribution in [1.82, 2.24) is 4.98 Å². The molecule has 38 heavy (non-hydrogen) atoms. The maximum atomic E-state index is 5.98. The fourth-order valence-corrected chi connectivity index (χ4v) is 6.83. The predicted molar refractivity (Wildman–Crippen MR) is 153 cm³/mol. The summed E-state index contributed by atoms with van der Waals surface area (Å²) in [4.78, 5) is 9.49. The molecule has 1 aromatic heterocycles. The summed E-state index contributed by atoms with van der Waals surface area (Å²) in [5.74, 6) is 0.673. The lowest BCUT2D eigenvalue weighted by molar-refractivity contribution is 0.279. The zero-order valence-corrected chi connectivity index (χ0v) is 21.4. The molecule has 4 aromatic carbocycles. The van der Waals surface area contributed by atoms with Crippen LogP contribution in [0.5, 0.6) is 0 Å². The largest absolute Gasteiger partial charge is 0.475 e. The fraction of sp³-hybridized carbons (Fsp3) is 0.143. The van der Waals surface area contributed by atoms with Gasteiger partial charge in [0.2, 0.25) is 5.90 Å². The molecule has 2 heterocycles. The van der Waals surface area contributed by atoms with Crippen LogP contribution >= 0.6 is 0 Å². The lowest BCUT2D eigenvalue weighted by atomic mass is 9.69. The van der Waals surface area contributed by atoms with E-state index in [-0.39, 0.29) is 5.54 Å². The van der Waals surface area contributed by atoms with E-state index >= 15 is 0 Å². The predicted octanol–water partition coefficient (Wildman–Crippen LogP) is 7.65. The third-order valence-corrected chi connectivity index (χ3v) is 8.28. The van der Waals surface area contributed by atoms with Crippen LogP contribution in [0.1, 0.15) is 41.7 Å². The number of ether oxygens (including phenoxy) is 1. The van der Waals surface area contributed by atoms with Gasteiger partial charge in [-0.15, -0.1) is 0 Å². The standard InChI is InChI=1S/C35H26N2O/c1-34(2)21-38-33(37-34)23-18-22(19-36-20-23)24-13-9-14-28-27-12-5-8-17-31(27)35(32(24)28)29-15-6-3-10-25(29)26-11-4-7-16-30(26)35/h3-20H,21H2,1-2H3. The molecule has 3 nitrogen and oxygen atoms in total. The minimum atomic E-state index is -0.394. The molecule has 3 aliphatic rings. The molecule has 0 unspecified atom stereocenters. The second-order valence-corrected chi connectivity index (χ2v) is 11.1. The molecule has 0 amide bonds. The molecular weight excluding hydrogens is 464 g/mol. The average Bonchev–Trinajstić information content (AvgIpc) is 3.58. The molecule has 0 saturated heterocycles. The van der Waals surface area contributed by atoms with Crippen LogP contribution in [0.25, 0.3) is 33.4 Å². The Morgan fingerprint density at radius 3 is 1.74 bits per heavy atom. The Labute approximate surface area is 222 Å². The molecule has 2 aliphatic carbocycles. The number of nitrogens with zero attached hydrogens (tertiary/aromatic N) is 2. The highest BCUT2D eigenvalue weighted by Gasteiger charge is 2.52. The van der Waals surface area contributed by atoms with E-state index in [4.69, 9.17) is 9.73 Å². The summed E-state index contributed by atoms with van der Waals surface area (Å²) >= 11 is 0. The topological polar surface area (TPSA) is 34.5 Å². The van der Waals surface area contributed by atoms with E-state index in [1.807, 2.05) is 12.4 Å². The summed E-state index contributed by atoms with van der Waals surface area (Å²) in [6.45, 7) is 4.77. The minimum Gasteiger partial charge on any atom is -0.475 e. The monoisotopic (exact) mass is 490 g/mol. The fourth-order valence-electron chi connectivity index (χ4n) is 6.83. The van der Waals surface area contributed by atoms with Crippen molar-refractivity contribution in [3.8, 4) is 33.4 Å². The van der Waals surface area contributed by atoms with Crippen LogP contribution in [0.3, 0.4) is 0 Å². The van der Waals surface area contributed by atoms with Crippen molar-refractivity contribution >= 4 is 5.90 Å². The highest BCUT2D eigenvalue weighted by molar-refractivity contribution is 6.00. The van der Waals surface area contributed by atoms with Crippen molar-refractivity contribution in [3.05, 3.63) is 137 Å². The van der Waals surface area contributed by atoms with E-state index < -0.39 is 5.41 Å². The molecule has 8 rings (SSSR count). The van der Waals surface area contributed by atoms with Crippen molar-refractivity contribution in [3.63, 3.8) is 0 Å². The first-order valence-electron chi connectivity index (χ1n) is 13.2. The number of aliphatic imine (C=N–C) groups is 1. The van der Waals surface area contributed by atoms with Crippen LogP contribution in [0, 0.1) is 0 Å². The van der Waals surface area contributed by atoms with Gasteiger partial charge < -0.3 is 4.74 Å². The lowest BCUT2D eigenvalue weighted by Crippen LogP contribution is -2.26. The van der Waals surface area contributed by atoms with E-state index in [2.05, 4.69) is 116 Å². The Bertz CT molecular complexity index is 1750. The zero-order chi connectivity index (χ0) is 25.5. The summed E-state index contributed by atoms with van der Waals surface area (Å²) < 4.78 is 5.98. The second kappa shape index (κ2) is 7.52. The number of pyridine rings is 1. The Hall–Kier alpha value is -4.50. The van der Waals surface area contributed by atoms with Crippen LogP contribution in [-0.2, 0) is 10.2 Å². The van der Waals surface area contributed by atoms with Gasteiger partial charge in [-0.25, -0.2) is 4.99 Å². The Morgan fingerprint density at radius 2 is 1.13 bits per heavy atom. The third-order valence-electron chi connectivity index (χ3n) is 8.28. The van der Waals surface area contributed by atoms with Gasteiger partial charge in [0, 0.05) is 18.0 Å². The van der Waals surface area contributed by atoms with Crippen molar-refractivity contribution in [2.24, 2.45) is 4.99 Å². The van der Waals surface area contributed by atoms with E-state index in [0.29, 0.717) is 12.5 Å². The normalized spacial score (nSPS) is 16.8.